The maximum absolute atomic E-state index is 12.3. The van der Waals surface area contributed by atoms with Gasteiger partial charge in [0, 0.05) is 0 Å². The Bertz CT molecular complexity index is 1100. The van der Waals surface area contributed by atoms with Gasteiger partial charge in [-0.25, -0.2) is 0 Å². The van der Waals surface area contributed by atoms with E-state index in [2.05, 4.69) is 46.6 Å². The molecule has 0 radical (unpaired) electrons. The van der Waals surface area contributed by atoms with Crippen LogP contribution in [0.4, 0.5) is 0 Å². The fraction of sp³-hybridized carbons (Fsp3) is 0.211. The molecule has 0 fully saturated rings. The number of carbonyl (C=O) groups excluding carboxylic acids is 1. The summed E-state index contributed by atoms with van der Waals surface area (Å²) in [6, 6.07) is 10.3. The van der Waals surface area contributed by atoms with Crippen LogP contribution < -0.4 is 0 Å². The molecule has 126 valence electrons. The lowest BCUT2D eigenvalue weighted by atomic mass is 10.1. The highest BCUT2D eigenvalue weighted by Crippen LogP contribution is 2.29. The Balaban J connectivity index is 1.81. The number of hydrogen-bond acceptors (Lipinski definition) is 5. The average molecular weight is 367 g/mol. The maximum atomic E-state index is 12.3. The van der Waals surface area contributed by atoms with Crippen LogP contribution in [0.1, 0.15) is 26.4 Å². The maximum Gasteiger partial charge on any atom is 0.196 e. The van der Waals surface area contributed by atoms with Crippen LogP contribution >= 0.6 is 23.1 Å². The largest absolute Gasteiger partial charge is 0.292 e. The quantitative estimate of drug-likeness (QED) is 0.382. The molecule has 1 aromatic carbocycles. The zero-order valence-electron chi connectivity index (χ0n) is 14.2. The molecule has 0 aliphatic rings. The van der Waals surface area contributed by atoms with Gasteiger partial charge in [-0.15, -0.1) is 21.5 Å². The Labute approximate surface area is 153 Å². The highest BCUT2D eigenvalue weighted by atomic mass is 32.2. The molecule has 0 unspecified atom stereocenters. The Morgan fingerprint density at radius 3 is 2.76 bits per heavy atom. The van der Waals surface area contributed by atoms with Crippen LogP contribution in [-0.4, -0.2) is 26.1 Å². The highest BCUT2D eigenvalue weighted by Gasteiger charge is 2.16. The number of Topliss-reactive ketones (excluding diaryl/α,β-unsaturated/α-hetero) is 1. The van der Waals surface area contributed by atoms with Crippen LogP contribution in [0.15, 0.2) is 40.9 Å². The average Bonchev–Trinajstić information content (AvgIpc) is 3.22. The molecule has 0 N–H and O–H groups in total. The van der Waals surface area contributed by atoms with Crippen molar-refractivity contribution in [3.63, 3.8) is 0 Å². The van der Waals surface area contributed by atoms with Gasteiger partial charge >= 0.3 is 0 Å². The van der Waals surface area contributed by atoms with Crippen LogP contribution in [-0.2, 0) is 0 Å². The SMILES string of the molecule is Cc1cc(C)c2c(c1)cc(C)c1nnc(SCC(=O)c3cccs3)n12. The van der Waals surface area contributed by atoms with Crippen LogP contribution in [0.3, 0.4) is 0 Å². The number of aromatic nitrogens is 3. The van der Waals surface area contributed by atoms with Gasteiger partial charge in [0.25, 0.3) is 0 Å². The Morgan fingerprint density at radius 2 is 2.00 bits per heavy atom. The van der Waals surface area contributed by atoms with E-state index in [1.54, 1.807) is 0 Å². The third-order valence-electron chi connectivity index (χ3n) is 4.18. The van der Waals surface area contributed by atoms with E-state index in [1.165, 1.54) is 39.6 Å². The lowest BCUT2D eigenvalue weighted by Gasteiger charge is -2.10. The van der Waals surface area contributed by atoms with Gasteiger partial charge in [-0.1, -0.05) is 29.5 Å². The van der Waals surface area contributed by atoms with E-state index >= 15 is 0 Å². The van der Waals surface area contributed by atoms with Crippen molar-refractivity contribution in [2.45, 2.75) is 25.9 Å². The molecular weight excluding hydrogens is 350 g/mol. The number of pyridine rings is 1. The molecule has 3 heterocycles. The van der Waals surface area contributed by atoms with Gasteiger partial charge < -0.3 is 0 Å². The molecule has 4 rings (SSSR count). The standard InChI is InChI=1S/C19H17N3OS2/c1-11-7-12(2)17-14(8-11)9-13(3)18-20-21-19(22(17)18)25-10-15(23)16-5-4-6-24-16/h4-9H,10H2,1-3H3. The van der Waals surface area contributed by atoms with Crippen molar-refractivity contribution in [2.75, 3.05) is 5.75 Å². The predicted molar refractivity (Wildman–Crippen MR) is 104 cm³/mol. The molecule has 0 bridgehead atoms. The number of fused-ring (bicyclic) bond motifs is 3. The van der Waals surface area contributed by atoms with Crippen LogP contribution in [0.5, 0.6) is 0 Å². The van der Waals surface area contributed by atoms with E-state index in [9.17, 15) is 4.79 Å². The fourth-order valence-electron chi connectivity index (χ4n) is 3.16. The zero-order chi connectivity index (χ0) is 17.6. The second-order valence-corrected chi connectivity index (χ2v) is 8.07. The van der Waals surface area contributed by atoms with Gasteiger partial charge in [-0.05, 0) is 60.9 Å². The number of thiophene rings is 1. The van der Waals surface area contributed by atoms with Crippen LogP contribution in [0, 0.1) is 20.8 Å². The molecule has 4 nitrogen and oxygen atoms in total. The zero-order valence-corrected chi connectivity index (χ0v) is 15.9. The molecular formula is C19H17N3OS2. The smallest absolute Gasteiger partial charge is 0.196 e. The molecule has 4 aromatic rings. The van der Waals surface area contributed by atoms with Gasteiger partial charge in [0.1, 0.15) is 0 Å². The van der Waals surface area contributed by atoms with Crippen LogP contribution in [0.2, 0.25) is 0 Å². The highest BCUT2D eigenvalue weighted by molar-refractivity contribution is 7.99. The van der Waals surface area contributed by atoms with Gasteiger partial charge in [0.05, 0.1) is 16.1 Å². The van der Waals surface area contributed by atoms with Crippen molar-refractivity contribution in [2.24, 2.45) is 0 Å². The van der Waals surface area contributed by atoms with Gasteiger partial charge in [-0.3, -0.25) is 9.20 Å². The monoisotopic (exact) mass is 367 g/mol. The predicted octanol–water partition coefficient (Wildman–Crippen LogP) is 4.84. The third-order valence-corrected chi connectivity index (χ3v) is 6.02. The van der Waals surface area contributed by atoms with Crippen molar-refractivity contribution in [3.05, 3.63) is 57.3 Å². The lowest BCUT2D eigenvalue weighted by molar-refractivity contribution is 0.102. The Hall–Kier alpha value is -2.18. The van der Waals surface area contributed by atoms with E-state index in [0.29, 0.717) is 5.75 Å². The second-order valence-electron chi connectivity index (χ2n) is 6.18. The van der Waals surface area contributed by atoms with E-state index in [0.717, 1.165) is 26.8 Å². The van der Waals surface area contributed by atoms with Gasteiger partial charge in [0.2, 0.25) is 0 Å². The van der Waals surface area contributed by atoms with Gasteiger partial charge in [-0.2, -0.15) is 0 Å². The first-order valence-electron chi connectivity index (χ1n) is 8.00. The van der Waals surface area contributed by atoms with Crippen LogP contribution in [0.25, 0.3) is 16.6 Å². The van der Waals surface area contributed by atoms with Crippen molar-refractivity contribution < 1.29 is 4.79 Å². The first kappa shape index (κ1) is 16.3. The van der Waals surface area contributed by atoms with Crippen molar-refractivity contribution in [1.82, 2.24) is 14.6 Å². The first-order chi connectivity index (χ1) is 12.0. The van der Waals surface area contributed by atoms with Crippen molar-refractivity contribution in [1.29, 1.82) is 0 Å². The van der Waals surface area contributed by atoms with Crippen molar-refractivity contribution in [3.8, 4) is 0 Å². The molecule has 6 heteroatoms. The summed E-state index contributed by atoms with van der Waals surface area (Å²) >= 11 is 2.92. The normalized spacial score (nSPS) is 11.5. The second kappa shape index (κ2) is 6.28. The third kappa shape index (κ3) is 2.85. The number of hydrogen-bond donors (Lipinski definition) is 0. The van der Waals surface area contributed by atoms with E-state index in [4.69, 9.17) is 0 Å². The Kier molecular flexibility index (Phi) is 4.09. The number of aryl methyl sites for hydroxylation is 3. The summed E-state index contributed by atoms with van der Waals surface area (Å²) in [5, 5.41) is 12.6. The molecule has 0 saturated carbocycles. The van der Waals surface area contributed by atoms with E-state index < -0.39 is 0 Å². The summed E-state index contributed by atoms with van der Waals surface area (Å²) in [5.74, 6) is 0.489. The number of nitrogens with zero attached hydrogens (tertiary/aromatic N) is 3. The number of benzene rings is 1. The summed E-state index contributed by atoms with van der Waals surface area (Å²) in [7, 11) is 0. The number of rotatable bonds is 4. The molecule has 0 saturated heterocycles. The first-order valence-corrected chi connectivity index (χ1v) is 9.86. The molecule has 25 heavy (non-hydrogen) atoms. The summed E-state index contributed by atoms with van der Waals surface area (Å²) in [6.07, 6.45) is 0. The number of ketones is 1. The molecule has 0 aliphatic heterocycles. The molecule has 0 atom stereocenters. The van der Waals surface area contributed by atoms with Crippen molar-refractivity contribution >= 4 is 45.4 Å². The minimum atomic E-state index is 0.126. The minimum Gasteiger partial charge on any atom is -0.292 e. The fourth-order valence-corrected chi connectivity index (χ4v) is 4.74. The summed E-state index contributed by atoms with van der Waals surface area (Å²) in [6.45, 7) is 6.26. The number of thioether (sulfide) groups is 1. The number of carbonyl (C=O) groups is 1. The molecule has 0 spiro atoms. The van der Waals surface area contributed by atoms with E-state index in [-0.39, 0.29) is 5.78 Å². The summed E-state index contributed by atoms with van der Waals surface area (Å²) < 4.78 is 2.09. The topological polar surface area (TPSA) is 47.3 Å². The summed E-state index contributed by atoms with van der Waals surface area (Å²) in [4.78, 5) is 13.1. The van der Waals surface area contributed by atoms with E-state index in [1.807, 2.05) is 24.4 Å². The molecule has 0 amide bonds. The minimum absolute atomic E-state index is 0.126. The molecule has 3 aromatic heterocycles. The lowest BCUT2D eigenvalue weighted by Crippen LogP contribution is -2.01. The van der Waals surface area contributed by atoms with Gasteiger partial charge in [0.15, 0.2) is 16.6 Å². The summed E-state index contributed by atoms with van der Waals surface area (Å²) in [5.41, 5.74) is 5.47. The molecule has 0 aliphatic carbocycles. The Morgan fingerprint density at radius 1 is 1.16 bits per heavy atom.